The van der Waals surface area contributed by atoms with Crippen molar-refractivity contribution in [3.63, 3.8) is 0 Å². The average Bonchev–Trinajstić information content (AvgIpc) is 2.85. The topological polar surface area (TPSA) is 54.3 Å². The lowest BCUT2D eigenvalue weighted by molar-refractivity contribution is -0.125. The van der Waals surface area contributed by atoms with Crippen LogP contribution in [0.3, 0.4) is 0 Å². The van der Waals surface area contributed by atoms with E-state index in [0.717, 1.165) is 23.0 Å². The first-order chi connectivity index (χ1) is 9.26. The van der Waals surface area contributed by atoms with E-state index in [4.69, 9.17) is 4.42 Å². The number of hydrogen-bond acceptors (Lipinski definition) is 3. The zero-order valence-corrected chi connectivity index (χ0v) is 11.4. The van der Waals surface area contributed by atoms with Crippen LogP contribution in [0.2, 0.25) is 0 Å². The molecule has 0 aliphatic rings. The van der Waals surface area contributed by atoms with Crippen LogP contribution in [0.1, 0.15) is 18.9 Å². The third-order valence-corrected chi connectivity index (χ3v) is 3.33. The number of rotatable bonds is 6. The van der Waals surface area contributed by atoms with E-state index < -0.39 is 0 Å². The molecule has 1 heterocycles. The van der Waals surface area contributed by atoms with Crippen LogP contribution in [0.5, 0.6) is 0 Å². The fourth-order valence-corrected chi connectivity index (χ4v) is 2.17. The Balaban J connectivity index is 2.00. The Morgan fingerprint density at radius 1 is 1.37 bits per heavy atom. The predicted molar refractivity (Wildman–Crippen MR) is 75.8 cm³/mol. The highest BCUT2D eigenvalue weighted by Gasteiger charge is 2.15. The normalized spacial score (nSPS) is 12.5. The van der Waals surface area contributed by atoms with Gasteiger partial charge in [0, 0.05) is 24.0 Å². The monoisotopic (exact) mass is 260 g/mol. The van der Waals surface area contributed by atoms with Crippen LogP contribution >= 0.6 is 0 Å². The van der Waals surface area contributed by atoms with Gasteiger partial charge in [-0.05, 0) is 19.5 Å². The van der Waals surface area contributed by atoms with Crippen LogP contribution in [0, 0.1) is 5.92 Å². The first-order valence-corrected chi connectivity index (χ1v) is 6.63. The molecule has 4 nitrogen and oxygen atoms in total. The summed E-state index contributed by atoms with van der Waals surface area (Å²) < 4.78 is 5.45. The fourth-order valence-electron chi connectivity index (χ4n) is 2.17. The van der Waals surface area contributed by atoms with Crippen molar-refractivity contribution < 1.29 is 9.21 Å². The molecular weight excluding hydrogens is 240 g/mol. The van der Waals surface area contributed by atoms with Crippen molar-refractivity contribution in [3.8, 4) is 0 Å². The van der Waals surface area contributed by atoms with E-state index in [-0.39, 0.29) is 11.8 Å². The molecule has 0 bridgehead atoms. The van der Waals surface area contributed by atoms with Crippen LogP contribution in [-0.4, -0.2) is 19.5 Å². The van der Waals surface area contributed by atoms with Crippen molar-refractivity contribution >= 4 is 16.9 Å². The van der Waals surface area contributed by atoms with E-state index >= 15 is 0 Å². The van der Waals surface area contributed by atoms with Gasteiger partial charge in [-0.3, -0.25) is 4.79 Å². The summed E-state index contributed by atoms with van der Waals surface area (Å²) in [4.78, 5) is 12.0. The first kappa shape index (κ1) is 13.6. The first-order valence-electron chi connectivity index (χ1n) is 6.63. The zero-order valence-electron chi connectivity index (χ0n) is 11.4. The van der Waals surface area contributed by atoms with E-state index in [1.807, 2.05) is 38.2 Å². The van der Waals surface area contributed by atoms with E-state index in [9.17, 15) is 4.79 Å². The van der Waals surface area contributed by atoms with Crippen LogP contribution < -0.4 is 10.6 Å². The zero-order chi connectivity index (χ0) is 13.7. The third kappa shape index (κ3) is 3.15. The van der Waals surface area contributed by atoms with Gasteiger partial charge < -0.3 is 15.1 Å². The minimum absolute atomic E-state index is 0.0168. The maximum absolute atomic E-state index is 12.0. The number of amides is 1. The molecule has 1 atom stereocenters. The molecule has 2 rings (SSSR count). The number of benzene rings is 1. The molecule has 0 saturated heterocycles. The molecular formula is C15H20N2O2. The molecule has 1 aromatic heterocycles. The Hall–Kier alpha value is -1.81. The quantitative estimate of drug-likeness (QED) is 0.838. The van der Waals surface area contributed by atoms with Gasteiger partial charge >= 0.3 is 0 Å². The minimum Gasteiger partial charge on any atom is -0.464 e. The Morgan fingerprint density at radius 3 is 2.89 bits per heavy atom. The molecule has 1 amide bonds. The third-order valence-electron chi connectivity index (χ3n) is 3.33. The number of nitrogens with one attached hydrogen (secondary N) is 2. The van der Waals surface area contributed by atoms with Crippen molar-refractivity contribution in [2.45, 2.75) is 19.9 Å². The molecule has 0 aliphatic heterocycles. The van der Waals surface area contributed by atoms with Gasteiger partial charge in [0.15, 0.2) is 0 Å². The number of fused-ring (bicyclic) bond motifs is 1. The highest BCUT2D eigenvalue weighted by molar-refractivity contribution is 5.82. The van der Waals surface area contributed by atoms with Crippen molar-refractivity contribution in [2.75, 3.05) is 13.6 Å². The second-order valence-corrected chi connectivity index (χ2v) is 4.64. The van der Waals surface area contributed by atoms with E-state index in [1.54, 1.807) is 6.26 Å². The van der Waals surface area contributed by atoms with E-state index in [0.29, 0.717) is 13.1 Å². The summed E-state index contributed by atoms with van der Waals surface area (Å²) in [6, 6.07) is 7.84. The van der Waals surface area contributed by atoms with Gasteiger partial charge in [-0.25, -0.2) is 0 Å². The summed E-state index contributed by atoms with van der Waals surface area (Å²) in [5, 5.41) is 7.08. The van der Waals surface area contributed by atoms with Crippen molar-refractivity contribution in [1.82, 2.24) is 10.6 Å². The van der Waals surface area contributed by atoms with Crippen molar-refractivity contribution in [2.24, 2.45) is 5.92 Å². The summed E-state index contributed by atoms with van der Waals surface area (Å²) in [6.45, 7) is 3.24. The molecule has 19 heavy (non-hydrogen) atoms. The second-order valence-electron chi connectivity index (χ2n) is 4.64. The Kier molecular flexibility index (Phi) is 4.58. The lowest BCUT2D eigenvalue weighted by Gasteiger charge is -2.13. The fraction of sp³-hybridized carbons (Fsp3) is 0.400. The summed E-state index contributed by atoms with van der Waals surface area (Å²) >= 11 is 0. The van der Waals surface area contributed by atoms with E-state index in [2.05, 4.69) is 10.6 Å². The van der Waals surface area contributed by atoms with Gasteiger partial charge in [-0.2, -0.15) is 0 Å². The largest absolute Gasteiger partial charge is 0.464 e. The van der Waals surface area contributed by atoms with Crippen LogP contribution in [0.15, 0.2) is 34.9 Å². The Morgan fingerprint density at radius 2 is 2.16 bits per heavy atom. The highest BCUT2D eigenvalue weighted by Crippen LogP contribution is 2.20. The number of para-hydroxylation sites is 1. The number of carbonyl (C=O) groups excluding carboxylic acids is 1. The van der Waals surface area contributed by atoms with Gasteiger partial charge in [0.05, 0.1) is 12.2 Å². The molecule has 2 N–H and O–H groups in total. The Bertz CT molecular complexity index is 548. The molecule has 0 saturated carbocycles. The highest BCUT2D eigenvalue weighted by atomic mass is 16.3. The summed E-state index contributed by atoms with van der Waals surface area (Å²) in [5.41, 5.74) is 1.87. The van der Waals surface area contributed by atoms with Gasteiger partial charge in [0.25, 0.3) is 0 Å². The van der Waals surface area contributed by atoms with Crippen LogP contribution in [0.25, 0.3) is 11.0 Å². The molecule has 1 unspecified atom stereocenters. The standard InChI is InChI=1S/C15H20N2O2/c1-3-11(8-16-2)15(18)17-9-12-10-19-14-7-5-4-6-13(12)14/h4-7,10-11,16H,3,8-9H2,1-2H3,(H,17,18). The van der Waals surface area contributed by atoms with Crippen LogP contribution in [0.4, 0.5) is 0 Å². The summed E-state index contributed by atoms with van der Waals surface area (Å²) in [6.07, 6.45) is 2.54. The maximum Gasteiger partial charge on any atom is 0.224 e. The van der Waals surface area contributed by atoms with Crippen molar-refractivity contribution in [3.05, 3.63) is 36.1 Å². The number of carbonyl (C=O) groups is 1. The molecule has 0 aliphatic carbocycles. The molecule has 1 aromatic carbocycles. The molecule has 2 aromatic rings. The summed E-state index contributed by atoms with van der Waals surface area (Å²) in [5.74, 6) is 0.102. The predicted octanol–water partition coefficient (Wildman–Crippen LogP) is 2.29. The smallest absolute Gasteiger partial charge is 0.224 e. The molecule has 4 heteroatoms. The lowest BCUT2D eigenvalue weighted by atomic mass is 10.1. The average molecular weight is 260 g/mol. The summed E-state index contributed by atoms with van der Waals surface area (Å²) in [7, 11) is 1.86. The molecule has 0 fully saturated rings. The number of hydrogen-bond donors (Lipinski definition) is 2. The van der Waals surface area contributed by atoms with Crippen molar-refractivity contribution in [1.29, 1.82) is 0 Å². The SMILES string of the molecule is CCC(CNC)C(=O)NCc1coc2ccccc12. The Labute approximate surface area is 113 Å². The molecule has 0 spiro atoms. The van der Waals surface area contributed by atoms with Gasteiger partial charge in [0.1, 0.15) is 5.58 Å². The van der Waals surface area contributed by atoms with E-state index in [1.165, 1.54) is 0 Å². The molecule has 102 valence electrons. The molecule has 0 radical (unpaired) electrons. The van der Waals surface area contributed by atoms with Gasteiger partial charge in [0.2, 0.25) is 5.91 Å². The minimum atomic E-state index is 0.0168. The number of furan rings is 1. The van der Waals surface area contributed by atoms with Crippen LogP contribution in [-0.2, 0) is 11.3 Å². The second kappa shape index (κ2) is 6.38. The van der Waals surface area contributed by atoms with Gasteiger partial charge in [-0.15, -0.1) is 0 Å². The maximum atomic E-state index is 12.0. The van der Waals surface area contributed by atoms with Gasteiger partial charge in [-0.1, -0.05) is 25.1 Å². The lowest BCUT2D eigenvalue weighted by Crippen LogP contribution is -2.35.